The standard InChI is InChI=1S/C23H24N4O3/c1-23(22(28)25-18-4-7-20-21(14-18)30-13-12-29-20)8-10-27(23)15-17-2-5-19(6-3-17)26-11-9-24-16-26/h2-7,9,11,14,16H,8,10,12-13,15H2,1H3,(H,25,28). The first kappa shape index (κ1) is 18.7. The summed E-state index contributed by atoms with van der Waals surface area (Å²) in [5.41, 5.74) is 2.44. The molecule has 0 saturated carbocycles. The van der Waals surface area contributed by atoms with Gasteiger partial charge in [0, 0.05) is 42.9 Å². The van der Waals surface area contributed by atoms with Crippen molar-refractivity contribution in [2.45, 2.75) is 25.4 Å². The zero-order valence-corrected chi connectivity index (χ0v) is 16.9. The Morgan fingerprint density at radius 2 is 1.93 bits per heavy atom. The van der Waals surface area contributed by atoms with E-state index in [2.05, 4.69) is 39.5 Å². The predicted octanol–water partition coefficient (Wildman–Crippen LogP) is 3.25. The van der Waals surface area contributed by atoms with Crippen molar-refractivity contribution in [2.24, 2.45) is 0 Å². The zero-order valence-electron chi connectivity index (χ0n) is 16.9. The van der Waals surface area contributed by atoms with Crippen LogP contribution >= 0.6 is 0 Å². The molecule has 1 atom stereocenters. The van der Waals surface area contributed by atoms with Crippen LogP contribution in [0.2, 0.25) is 0 Å². The summed E-state index contributed by atoms with van der Waals surface area (Å²) in [6.45, 7) is 4.71. The first-order valence-corrected chi connectivity index (χ1v) is 10.2. The van der Waals surface area contributed by atoms with E-state index in [0.29, 0.717) is 19.0 Å². The van der Waals surface area contributed by atoms with E-state index in [-0.39, 0.29) is 5.91 Å². The summed E-state index contributed by atoms with van der Waals surface area (Å²) in [7, 11) is 0. The Hall–Kier alpha value is -3.32. The Balaban J connectivity index is 1.25. The highest BCUT2D eigenvalue weighted by atomic mass is 16.6. The van der Waals surface area contributed by atoms with Crippen LogP contribution in [0.1, 0.15) is 18.9 Å². The number of aromatic nitrogens is 2. The lowest BCUT2D eigenvalue weighted by Crippen LogP contribution is -2.63. The van der Waals surface area contributed by atoms with Gasteiger partial charge in [0.25, 0.3) is 0 Å². The van der Waals surface area contributed by atoms with Gasteiger partial charge in [0.2, 0.25) is 5.91 Å². The van der Waals surface area contributed by atoms with Crippen LogP contribution in [0.15, 0.2) is 61.2 Å². The number of benzene rings is 2. The molecule has 2 aliphatic heterocycles. The molecule has 1 aromatic heterocycles. The smallest absolute Gasteiger partial charge is 0.244 e. The van der Waals surface area contributed by atoms with E-state index in [1.807, 2.05) is 35.9 Å². The maximum atomic E-state index is 13.1. The number of likely N-dealkylation sites (tertiary alicyclic amines) is 1. The topological polar surface area (TPSA) is 68.6 Å². The lowest BCUT2D eigenvalue weighted by atomic mass is 9.85. The molecule has 1 unspecified atom stereocenters. The minimum atomic E-state index is -0.531. The minimum Gasteiger partial charge on any atom is -0.486 e. The maximum absolute atomic E-state index is 13.1. The fourth-order valence-corrected chi connectivity index (χ4v) is 3.91. The van der Waals surface area contributed by atoms with Crippen LogP contribution in [-0.2, 0) is 11.3 Å². The third kappa shape index (κ3) is 3.41. The highest BCUT2D eigenvalue weighted by Gasteiger charge is 2.46. The van der Waals surface area contributed by atoms with Crippen LogP contribution < -0.4 is 14.8 Å². The van der Waals surface area contributed by atoms with E-state index in [0.717, 1.165) is 36.6 Å². The van der Waals surface area contributed by atoms with Gasteiger partial charge in [-0.3, -0.25) is 9.69 Å². The number of nitrogens with zero attached hydrogens (tertiary/aromatic N) is 3. The van der Waals surface area contributed by atoms with Gasteiger partial charge in [0.05, 0.1) is 11.9 Å². The highest BCUT2D eigenvalue weighted by Crippen LogP contribution is 2.36. The number of rotatable bonds is 5. The van der Waals surface area contributed by atoms with Crippen molar-refractivity contribution < 1.29 is 14.3 Å². The monoisotopic (exact) mass is 404 g/mol. The van der Waals surface area contributed by atoms with Gasteiger partial charge in [0.1, 0.15) is 13.2 Å². The number of carbonyl (C=O) groups is 1. The van der Waals surface area contributed by atoms with Crippen molar-refractivity contribution in [3.8, 4) is 17.2 Å². The first-order valence-electron chi connectivity index (χ1n) is 10.2. The Bertz CT molecular complexity index is 1050. The fraction of sp³-hybridized carbons (Fsp3) is 0.304. The summed E-state index contributed by atoms with van der Waals surface area (Å²) in [5.74, 6) is 1.39. The molecule has 1 N–H and O–H groups in total. The predicted molar refractivity (Wildman–Crippen MR) is 113 cm³/mol. The molecule has 2 aromatic carbocycles. The van der Waals surface area contributed by atoms with Crippen LogP contribution in [0, 0.1) is 0 Å². The van der Waals surface area contributed by atoms with Crippen molar-refractivity contribution in [3.63, 3.8) is 0 Å². The number of fused-ring (bicyclic) bond motifs is 1. The number of nitrogens with one attached hydrogen (secondary N) is 1. The third-order valence-corrected chi connectivity index (χ3v) is 5.97. The molecular formula is C23H24N4O3. The molecule has 1 saturated heterocycles. The van der Waals surface area contributed by atoms with Gasteiger partial charge in [-0.2, -0.15) is 0 Å². The van der Waals surface area contributed by atoms with E-state index >= 15 is 0 Å². The van der Waals surface area contributed by atoms with E-state index in [1.165, 1.54) is 5.56 Å². The summed E-state index contributed by atoms with van der Waals surface area (Å²) in [4.78, 5) is 19.4. The number of amides is 1. The van der Waals surface area contributed by atoms with Crippen molar-refractivity contribution >= 4 is 11.6 Å². The summed E-state index contributed by atoms with van der Waals surface area (Å²) in [6, 6.07) is 13.9. The van der Waals surface area contributed by atoms with Gasteiger partial charge >= 0.3 is 0 Å². The van der Waals surface area contributed by atoms with Crippen LogP contribution in [-0.4, -0.2) is 45.7 Å². The number of hydrogen-bond donors (Lipinski definition) is 1. The summed E-state index contributed by atoms with van der Waals surface area (Å²) in [5, 5.41) is 3.05. The van der Waals surface area contributed by atoms with Crippen LogP contribution in [0.3, 0.4) is 0 Å². The number of hydrogen-bond acceptors (Lipinski definition) is 5. The highest BCUT2D eigenvalue weighted by molar-refractivity contribution is 5.98. The van der Waals surface area contributed by atoms with E-state index < -0.39 is 5.54 Å². The maximum Gasteiger partial charge on any atom is 0.244 e. The van der Waals surface area contributed by atoms with Gasteiger partial charge in [-0.1, -0.05) is 12.1 Å². The van der Waals surface area contributed by atoms with Gasteiger partial charge in [-0.15, -0.1) is 0 Å². The number of imidazole rings is 1. The van der Waals surface area contributed by atoms with Crippen LogP contribution in [0.4, 0.5) is 5.69 Å². The first-order chi connectivity index (χ1) is 14.6. The molecule has 154 valence electrons. The second kappa shape index (κ2) is 7.50. The van der Waals surface area contributed by atoms with Crippen LogP contribution in [0.25, 0.3) is 5.69 Å². The van der Waals surface area contributed by atoms with E-state index in [1.54, 1.807) is 12.5 Å². The average molecular weight is 404 g/mol. The van der Waals surface area contributed by atoms with Crippen molar-refractivity contribution in [2.75, 3.05) is 25.1 Å². The lowest BCUT2D eigenvalue weighted by molar-refractivity contribution is -0.136. The number of anilines is 1. The van der Waals surface area contributed by atoms with Gasteiger partial charge < -0.3 is 19.4 Å². The second-order valence-corrected chi connectivity index (χ2v) is 7.89. The molecule has 1 fully saturated rings. The third-order valence-electron chi connectivity index (χ3n) is 5.97. The Labute approximate surface area is 175 Å². The summed E-state index contributed by atoms with van der Waals surface area (Å²) in [6.07, 6.45) is 6.30. The van der Waals surface area contributed by atoms with E-state index in [9.17, 15) is 4.79 Å². The molecule has 30 heavy (non-hydrogen) atoms. The van der Waals surface area contributed by atoms with Crippen LogP contribution in [0.5, 0.6) is 11.5 Å². The largest absolute Gasteiger partial charge is 0.486 e. The molecule has 1 amide bonds. The molecule has 7 heteroatoms. The fourth-order valence-electron chi connectivity index (χ4n) is 3.91. The molecule has 0 radical (unpaired) electrons. The zero-order chi connectivity index (χ0) is 20.6. The summed E-state index contributed by atoms with van der Waals surface area (Å²) >= 11 is 0. The van der Waals surface area contributed by atoms with Gasteiger partial charge in [-0.05, 0) is 43.2 Å². The molecule has 3 heterocycles. The molecule has 7 nitrogen and oxygen atoms in total. The Kier molecular flexibility index (Phi) is 4.67. The average Bonchev–Trinajstić information content (AvgIpc) is 3.31. The van der Waals surface area contributed by atoms with Gasteiger partial charge in [0.15, 0.2) is 11.5 Å². The molecule has 0 bridgehead atoms. The number of ether oxygens (including phenoxy) is 2. The molecule has 0 spiro atoms. The van der Waals surface area contributed by atoms with Crippen molar-refractivity contribution in [1.82, 2.24) is 14.5 Å². The Morgan fingerprint density at radius 3 is 2.63 bits per heavy atom. The van der Waals surface area contributed by atoms with Crippen molar-refractivity contribution in [3.05, 3.63) is 66.7 Å². The molecule has 2 aliphatic rings. The molecule has 0 aliphatic carbocycles. The lowest BCUT2D eigenvalue weighted by Gasteiger charge is -2.49. The molecule has 5 rings (SSSR count). The van der Waals surface area contributed by atoms with Crippen molar-refractivity contribution in [1.29, 1.82) is 0 Å². The minimum absolute atomic E-state index is 0.000429. The summed E-state index contributed by atoms with van der Waals surface area (Å²) < 4.78 is 13.1. The second-order valence-electron chi connectivity index (χ2n) is 7.89. The van der Waals surface area contributed by atoms with Gasteiger partial charge in [-0.25, -0.2) is 4.98 Å². The number of carbonyl (C=O) groups excluding carboxylic acids is 1. The SMILES string of the molecule is CC1(C(=O)Nc2ccc3c(c2)OCCO3)CCN1Cc1ccc(-n2ccnc2)cc1. The quantitative estimate of drug-likeness (QED) is 0.707. The molecular weight excluding hydrogens is 380 g/mol. The normalized spacial score (nSPS) is 20.4. The van der Waals surface area contributed by atoms with E-state index in [4.69, 9.17) is 9.47 Å². The Morgan fingerprint density at radius 1 is 1.13 bits per heavy atom. The molecule has 3 aromatic rings.